The van der Waals surface area contributed by atoms with Crippen molar-refractivity contribution in [2.24, 2.45) is 0 Å². The van der Waals surface area contributed by atoms with Crippen molar-refractivity contribution < 1.29 is 4.79 Å². The van der Waals surface area contributed by atoms with Crippen LogP contribution in [-0.4, -0.2) is 20.7 Å². The number of benzene rings is 1. The van der Waals surface area contributed by atoms with E-state index in [0.29, 0.717) is 5.56 Å². The van der Waals surface area contributed by atoms with Crippen molar-refractivity contribution in [1.29, 1.82) is 0 Å². The van der Waals surface area contributed by atoms with Gasteiger partial charge in [-0.15, -0.1) is 11.3 Å². The van der Waals surface area contributed by atoms with E-state index in [0.717, 1.165) is 17.1 Å². The molecule has 0 saturated carbocycles. The number of thiazole rings is 1. The fraction of sp³-hybridized carbons (Fsp3) is 0.235. The van der Waals surface area contributed by atoms with Crippen LogP contribution in [0.25, 0.3) is 5.69 Å². The molecular formula is C17H18N4OS. The molecule has 6 heteroatoms. The largest absolute Gasteiger partial charge is 0.340 e. The lowest BCUT2D eigenvalue weighted by atomic mass is 9.99. The summed E-state index contributed by atoms with van der Waals surface area (Å²) < 4.78 is 1.70. The van der Waals surface area contributed by atoms with Gasteiger partial charge in [0.15, 0.2) is 0 Å². The first-order valence-corrected chi connectivity index (χ1v) is 8.33. The molecule has 5 nitrogen and oxygen atoms in total. The summed E-state index contributed by atoms with van der Waals surface area (Å²) >= 11 is 1.55. The molecule has 0 aliphatic rings. The SMILES string of the molecule is CC[C@](C)(NC(=O)c1cnn(-c2ccccc2)c1)c1nccs1. The zero-order valence-corrected chi connectivity index (χ0v) is 13.9. The Morgan fingerprint density at radius 1 is 1.35 bits per heavy atom. The predicted molar refractivity (Wildman–Crippen MR) is 90.8 cm³/mol. The lowest BCUT2D eigenvalue weighted by molar-refractivity contribution is 0.0902. The van der Waals surface area contributed by atoms with E-state index in [9.17, 15) is 4.79 Å². The molecule has 0 spiro atoms. The molecule has 3 aromatic rings. The summed E-state index contributed by atoms with van der Waals surface area (Å²) in [6, 6.07) is 9.71. The van der Waals surface area contributed by atoms with Crippen LogP contribution in [0.1, 0.15) is 35.6 Å². The molecule has 1 amide bonds. The fourth-order valence-corrected chi connectivity index (χ4v) is 3.10. The zero-order valence-electron chi connectivity index (χ0n) is 13.1. The summed E-state index contributed by atoms with van der Waals surface area (Å²) in [7, 11) is 0. The van der Waals surface area contributed by atoms with Crippen molar-refractivity contribution in [3.8, 4) is 5.69 Å². The van der Waals surface area contributed by atoms with Gasteiger partial charge in [0.05, 0.1) is 23.0 Å². The van der Waals surface area contributed by atoms with Crippen LogP contribution in [-0.2, 0) is 5.54 Å². The minimum Gasteiger partial charge on any atom is -0.340 e. The lowest BCUT2D eigenvalue weighted by Crippen LogP contribution is -2.42. The molecule has 0 fully saturated rings. The minimum absolute atomic E-state index is 0.147. The van der Waals surface area contributed by atoms with Crippen LogP contribution in [0.5, 0.6) is 0 Å². The Kier molecular flexibility index (Phi) is 4.25. The third-order valence-electron chi connectivity index (χ3n) is 3.87. The first kappa shape index (κ1) is 15.4. The smallest absolute Gasteiger partial charge is 0.255 e. The van der Waals surface area contributed by atoms with Crippen molar-refractivity contribution in [1.82, 2.24) is 20.1 Å². The number of rotatable bonds is 5. The van der Waals surface area contributed by atoms with E-state index in [2.05, 4.69) is 15.4 Å². The van der Waals surface area contributed by atoms with Crippen LogP contribution < -0.4 is 5.32 Å². The Hall–Kier alpha value is -2.47. The standard InChI is InChI=1S/C17H18N4OS/c1-3-17(2,16-18-9-10-23-16)20-15(22)13-11-19-21(12-13)14-7-5-4-6-8-14/h4-12H,3H2,1-2H3,(H,20,22)/t17-/m0/s1. The molecule has 23 heavy (non-hydrogen) atoms. The number of para-hydroxylation sites is 1. The molecule has 2 heterocycles. The van der Waals surface area contributed by atoms with Gasteiger partial charge in [0.1, 0.15) is 5.01 Å². The highest BCUT2D eigenvalue weighted by atomic mass is 32.1. The van der Waals surface area contributed by atoms with Gasteiger partial charge in [-0.25, -0.2) is 9.67 Å². The molecule has 1 atom stereocenters. The summed E-state index contributed by atoms with van der Waals surface area (Å²) in [5.74, 6) is -0.147. The normalized spacial score (nSPS) is 13.5. The monoisotopic (exact) mass is 326 g/mol. The van der Waals surface area contributed by atoms with Crippen molar-refractivity contribution in [2.75, 3.05) is 0 Å². The van der Waals surface area contributed by atoms with Crippen LogP contribution in [0.2, 0.25) is 0 Å². The van der Waals surface area contributed by atoms with Crippen molar-refractivity contribution >= 4 is 17.2 Å². The highest BCUT2D eigenvalue weighted by Crippen LogP contribution is 2.26. The number of hydrogen-bond acceptors (Lipinski definition) is 4. The Balaban J connectivity index is 1.80. The van der Waals surface area contributed by atoms with Crippen LogP contribution in [0.4, 0.5) is 0 Å². The molecule has 2 aromatic heterocycles. The first-order chi connectivity index (χ1) is 11.1. The topological polar surface area (TPSA) is 59.8 Å². The van der Waals surface area contributed by atoms with Crippen molar-refractivity contribution in [2.45, 2.75) is 25.8 Å². The maximum Gasteiger partial charge on any atom is 0.255 e. The second-order valence-corrected chi connectivity index (χ2v) is 6.38. The van der Waals surface area contributed by atoms with Gasteiger partial charge in [0.2, 0.25) is 0 Å². The molecule has 3 rings (SSSR count). The van der Waals surface area contributed by atoms with E-state index in [4.69, 9.17) is 0 Å². The van der Waals surface area contributed by atoms with Crippen molar-refractivity contribution in [3.63, 3.8) is 0 Å². The Morgan fingerprint density at radius 3 is 2.78 bits per heavy atom. The van der Waals surface area contributed by atoms with Crippen molar-refractivity contribution in [3.05, 3.63) is 64.9 Å². The number of carbonyl (C=O) groups is 1. The van der Waals surface area contributed by atoms with Crippen LogP contribution >= 0.6 is 11.3 Å². The fourth-order valence-electron chi connectivity index (χ4n) is 2.27. The van der Waals surface area contributed by atoms with Gasteiger partial charge in [-0.3, -0.25) is 4.79 Å². The van der Waals surface area contributed by atoms with Gasteiger partial charge in [-0.05, 0) is 25.5 Å². The van der Waals surface area contributed by atoms with Gasteiger partial charge in [-0.2, -0.15) is 5.10 Å². The minimum atomic E-state index is -0.472. The summed E-state index contributed by atoms with van der Waals surface area (Å²) in [5.41, 5.74) is 0.981. The second-order valence-electron chi connectivity index (χ2n) is 5.49. The highest BCUT2D eigenvalue weighted by Gasteiger charge is 2.30. The van der Waals surface area contributed by atoms with Gasteiger partial charge < -0.3 is 5.32 Å². The van der Waals surface area contributed by atoms with E-state index in [-0.39, 0.29) is 5.91 Å². The molecular weight excluding hydrogens is 308 g/mol. The quantitative estimate of drug-likeness (QED) is 0.782. The molecule has 1 aromatic carbocycles. The molecule has 0 aliphatic carbocycles. The Labute approximate surface area is 139 Å². The van der Waals surface area contributed by atoms with E-state index in [1.165, 1.54) is 0 Å². The van der Waals surface area contributed by atoms with Gasteiger partial charge in [0.25, 0.3) is 5.91 Å². The second kappa shape index (κ2) is 6.34. The van der Waals surface area contributed by atoms with Gasteiger partial charge in [-0.1, -0.05) is 25.1 Å². The number of nitrogens with zero attached hydrogens (tertiary/aromatic N) is 3. The third-order valence-corrected chi connectivity index (χ3v) is 4.90. The summed E-state index contributed by atoms with van der Waals surface area (Å²) in [6.07, 6.45) is 5.84. The molecule has 0 saturated heterocycles. The zero-order chi connectivity index (χ0) is 16.3. The Bertz CT molecular complexity index is 782. The van der Waals surface area contributed by atoms with Crippen LogP contribution in [0.3, 0.4) is 0 Å². The number of aromatic nitrogens is 3. The summed E-state index contributed by atoms with van der Waals surface area (Å²) in [6.45, 7) is 4.03. The van der Waals surface area contributed by atoms with E-state index in [1.807, 2.05) is 49.6 Å². The first-order valence-electron chi connectivity index (χ1n) is 7.45. The molecule has 118 valence electrons. The van der Waals surface area contributed by atoms with E-state index >= 15 is 0 Å². The van der Waals surface area contributed by atoms with Crippen LogP contribution in [0.15, 0.2) is 54.3 Å². The third kappa shape index (κ3) is 3.17. The average Bonchev–Trinajstić information content (AvgIpc) is 3.27. The van der Waals surface area contributed by atoms with E-state index < -0.39 is 5.54 Å². The number of amides is 1. The van der Waals surface area contributed by atoms with E-state index in [1.54, 1.807) is 34.6 Å². The molecule has 0 radical (unpaired) electrons. The Morgan fingerprint density at radius 2 is 2.13 bits per heavy atom. The summed E-state index contributed by atoms with van der Waals surface area (Å²) in [5, 5.41) is 10.2. The molecule has 0 unspecified atom stereocenters. The predicted octanol–water partition coefficient (Wildman–Crippen LogP) is 3.38. The number of hydrogen-bond donors (Lipinski definition) is 1. The average molecular weight is 326 g/mol. The number of carbonyl (C=O) groups excluding carboxylic acids is 1. The maximum atomic E-state index is 12.6. The highest BCUT2D eigenvalue weighted by molar-refractivity contribution is 7.09. The van der Waals surface area contributed by atoms with Crippen LogP contribution in [0, 0.1) is 0 Å². The molecule has 1 N–H and O–H groups in total. The lowest BCUT2D eigenvalue weighted by Gasteiger charge is -2.27. The summed E-state index contributed by atoms with van der Waals surface area (Å²) in [4.78, 5) is 16.9. The number of nitrogens with one attached hydrogen (secondary N) is 1. The molecule has 0 bridgehead atoms. The van der Waals surface area contributed by atoms with Gasteiger partial charge in [0, 0.05) is 17.8 Å². The van der Waals surface area contributed by atoms with Gasteiger partial charge >= 0.3 is 0 Å². The maximum absolute atomic E-state index is 12.6. The molecule has 0 aliphatic heterocycles.